The van der Waals surface area contributed by atoms with Crippen LogP contribution in [0.4, 0.5) is 10.3 Å². The molecule has 36 heavy (non-hydrogen) atoms. The maximum atomic E-state index is 14.5. The highest BCUT2D eigenvalue weighted by Crippen LogP contribution is 2.41. The van der Waals surface area contributed by atoms with Crippen molar-refractivity contribution in [1.29, 1.82) is 0 Å². The van der Waals surface area contributed by atoms with Crippen LogP contribution in [-0.2, 0) is 11.3 Å². The van der Waals surface area contributed by atoms with Crippen LogP contribution in [0.2, 0.25) is 0 Å². The van der Waals surface area contributed by atoms with Gasteiger partial charge < -0.3 is 15.9 Å². The summed E-state index contributed by atoms with van der Waals surface area (Å²) in [6.07, 6.45) is 1.87. The van der Waals surface area contributed by atoms with Crippen molar-refractivity contribution in [1.82, 2.24) is 15.4 Å². The minimum absolute atomic E-state index is 0.141. The summed E-state index contributed by atoms with van der Waals surface area (Å²) >= 11 is 1.85. The van der Waals surface area contributed by atoms with E-state index in [1.807, 2.05) is 30.8 Å². The molecule has 5 N–H and O–H groups in total. The fourth-order valence-corrected chi connectivity index (χ4v) is 5.37. The fourth-order valence-electron chi connectivity index (χ4n) is 4.26. The molecule has 2 atom stereocenters. The number of nitrogens with one attached hydrogen (secondary N) is 1. The molecular weight excluding hydrogens is 481 g/mol. The Labute approximate surface area is 212 Å². The average molecular weight is 510 g/mol. The third kappa shape index (κ3) is 5.52. The Morgan fingerprint density at radius 3 is 2.83 bits per heavy atom. The standard InChI is InChI=1S/C26H28FN5O3S/c1-14-24-23(31-26(28)29-14)11-22(30-25(24)32-35-13-17(34)12-33)20-8-5-16(27)10-21(20)15-3-2-4-19(9-15)36-18-6-7-18/h2-5,8-10,17-18,22,33-34H,6-7,11-13H2,1H3,(H,30,32)(H2,28,29,31)/t17-,22+/m0/s1. The second kappa shape index (κ2) is 10.5. The molecule has 0 saturated heterocycles. The number of aliphatic hydroxyl groups excluding tert-OH is 2. The molecule has 3 aromatic rings. The molecule has 5 rings (SSSR count). The molecule has 0 unspecified atom stereocenters. The zero-order valence-electron chi connectivity index (χ0n) is 19.8. The quantitative estimate of drug-likeness (QED) is 0.341. The van der Waals surface area contributed by atoms with Crippen molar-refractivity contribution in [2.45, 2.75) is 48.5 Å². The van der Waals surface area contributed by atoms with Gasteiger partial charge in [-0.25, -0.2) is 19.8 Å². The number of aliphatic imine (C=N–C) groups is 1. The molecule has 0 amide bonds. The van der Waals surface area contributed by atoms with Gasteiger partial charge in [-0.1, -0.05) is 18.2 Å². The van der Waals surface area contributed by atoms with Crippen LogP contribution in [0, 0.1) is 12.7 Å². The highest BCUT2D eigenvalue weighted by Gasteiger charge is 2.29. The lowest BCUT2D eigenvalue weighted by atomic mass is 9.90. The highest BCUT2D eigenvalue weighted by atomic mass is 32.2. The van der Waals surface area contributed by atoms with Crippen molar-refractivity contribution in [2.24, 2.45) is 4.99 Å². The maximum Gasteiger partial charge on any atom is 0.220 e. The van der Waals surface area contributed by atoms with E-state index >= 15 is 0 Å². The lowest BCUT2D eigenvalue weighted by molar-refractivity contribution is -0.0160. The predicted molar refractivity (Wildman–Crippen MR) is 137 cm³/mol. The summed E-state index contributed by atoms with van der Waals surface area (Å²) in [5, 5.41) is 19.4. The number of benzene rings is 2. The summed E-state index contributed by atoms with van der Waals surface area (Å²) in [5.41, 5.74) is 13.3. The van der Waals surface area contributed by atoms with Crippen LogP contribution in [0.15, 0.2) is 52.4 Å². The number of rotatable bonds is 8. The largest absolute Gasteiger partial charge is 0.394 e. The van der Waals surface area contributed by atoms with Crippen molar-refractivity contribution in [3.8, 4) is 11.1 Å². The third-order valence-corrected chi connectivity index (χ3v) is 7.42. The van der Waals surface area contributed by atoms with Gasteiger partial charge in [-0.15, -0.1) is 11.8 Å². The first-order valence-electron chi connectivity index (χ1n) is 11.9. The zero-order chi connectivity index (χ0) is 25.2. The summed E-state index contributed by atoms with van der Waals surface area (Å²) in [6, 6.07) is 12.5. The Morgan fingerprint density at radius 1 is 1.22 bits per heavy atom. The van der Waals surface area contributed by atoms with Crippen molar-refractivity contribution in [2.75, 3.05) is 18.9 Å². The minimum atomic E-state index is -1.04. The molecule has 0 bridgehead atoms. The molecular formula is C26H28FN5O3S. The number of aliphatic hydroxyl groups is 2. The number of hydrogen-bond acceptors (Lipinski definition) is 9. The molecule has 1 aromatic heterocycles. The van der Waals surface area contributed by atoms with Gasteiger partial charge in [-0.05, 0) is 60.7 Å². The van der Waals surface area contributed by atoms with Crippen molar-refractivity contribution < 1.29 is 19.4 Å². The number of halogens is 1. The number of aryl methyl sites for hydroxylation is 1. The fraction of sp³-hybridized carbons (Fsp3) is 0.346. The lowest BCUT2D eigenvalue weighted by Gasteiger charge is -2.26. The molecule has 2 heterocycles. The van der Waals surface area contributed by atoms with E-state index in [0.717, 1.165) is 21.6 Å². The first kappa shape index (κ1) is 24.6. The lowest BCUT2D eigenvalue weighted by Crippen LogP contribution is -2.34. The summed E-state index contributed by atoms with van der Waals surface area (Å²) < 4.78 is 14.5. The van der Waals surface area contributed by atoms with Crippen LogP contribution in [0.5, 0.6) is 0 Å². The highest BCUT2D eigenvalue weighted by molar-refractivity contribution is 8.00. The van der Waals surface area contributed by atoms with Crippen LogP contribution in [0.25, 0.3) is 11.1 Å². The Balaban J connectivity index is 1.53. The number of amidine groups is 1. The van der Waals surface area contributed by atoms with Gasteiger partial charge in [0.15, 0.2) is 5.84 Å². The first-order valence-corrected chi connectivity index (χ1v) is 12.7. The summed E-state index contributed by atoms with van der Waals surface area (Å²) in [5.74, 6) is 0.223. The minimum Gasteiger partial charge on any atom is -0.394 e. The number of anilines is 1. The number of nitrogens with two attached hydrogens (primary N) is 1. The smallest absolute Gasteiger partial charge is 0.220 e. The van der Waals surface area contributed by atoms with E-state index in [2.05, 4.69) is 27.6 Å². The molecule has 0 radical (unpaired) electrons. The molecule has 10 heteroatoms. The van der Waals surface area contributed by atoms with E-state index in [-0.39, 0.29) is 18.4 Å². The third-order valence-electron chi connectivity index (χ3n) is 6.09. The van der Waals surface area contributed by atoms with E-state index in [1.165, 1.54) is 18.9 Å². The summed E-state index contributed by atoms with van der Waals surface area (Å²) in [7, 11) is 0. The summed E-state index contributed by atoms with van der Waals surface area (Å²) in [4.78, 5) is 20.2. The Hall–Kier alpha value is -3.05. The normalized spacial score (nSPS) is 17.9. The molecule has 2 aliphatic rings. The molecule has 1 aliphatic carbocycles. The molecule has 1 fully saturated rings. The van der Waals surface area contributed by atoms with E-state index in [4.69, 9.17) is 20.7 Å². The van der Waals surface area contributed by atoms with Gasteiger partial charge in [0.2, 0.25) is 5.95 Å². The van der Waals surface area contributed by atoms with Gasteiger partial charge in [0.05, 0.1) is 29.6 Å². The Morgan fingerprint density at radius 2 is 2.06 bits per heavy atom. The van der Waals surface area contributed by atoms with Crippen molar-refractivity contribution in [3.05, 3.63) is 70.8 Å². The van der Waals surface area contributed by atoms with E-state index in [9.17, 15) is 9.50 Å². The van der Waals surface area contributed by atoms with Crippen LogP contribution in [-0.4, -0.2) is 50.6 Å². The second-order valence-corrected chi connectivity index (χ2v) is 10.4. The van der Waals surface area contributed by atoms with E-state index in [0.29, 0.717) is 34.5 Å². The molecule has 0 spiro atoms. The number of hydrogen-bond donors (Lipinski definition) is 4. The van der Waals surface area contributed by atoms with Gasteiger partial charge in [0, 0.05) is 16.6 Å². The number of nitrogen functional groups attached to an aromatic ring is 1. The van der Waals surface area contributed by atoms with Crippen LogP contribution >= 0.6 is 11.8 Å². The van der Waals surface area contributed by atoms with Gasteiger partial charge in [0.25, 0.3) is 0 Å². The van der Waals surface area contributed by atoms with Gasteiger partial charge >= 0.3 is 0 Å². The van der Waals surface area contributed by atoms with Gasteiger partial charge in [0.1, 0.15) is 18.5 Å². The van der Waals surface area contributed by atoms with Gasteiger partial charge in [-0.2, -0.15) is 0 Å². The first-order chi connectivity index (χ1) is 17.4. The molecule has 8 nitrogen and oxygen atoms in total. The number of aromatic nitrogens is 2. The van der Waals surface area contributed by atoms with Crippen LogP contribution < -0.4 is 11.2 Å². The molecule has 1 saturated carbocycles. The molecule has 1 aliphatic heterocycles. The predicted octanol–water partition coefficient (Wildman–Crippen LogP) is 3.35. The topological polar surface area (TPSA) is 126 Å². The monoisotopic (exact) mass is 509 g/mol. The summed E-state index contributed by atoms with van der Waals surface area (Å²) in [6.45, 7) is 1.24. The number of nitrogens with zero attached hydrogens (tertiary/aromatic N) is 3. The maximum absolute atomic E-state index is 14.5. The second-order valence-electron chi connectivity index (χ2n) is 9.01. The molecule has 188 valence electrons. The van der Waals surface area contributed by atoms with Crippen LogP contribution in [0.3, 0.4) is 0 Å². The van der Waals surface area contributed by atoms with Crippen molar-refractivity contribution >= 4 is 23.5 Å². The number of thioether (sulfide) groups is 1. The van der Waals surface area contributed by atoms with E-state index in [1.54, 1.807) is 12.1 Å². The average Bonchev–Trinajstić information content (AvgIpc) is 3.67. The van der Waals surface area contributed by atoms with Crippen LogP contribution in [0.1, 0.15) is 41.4 Å². The molecule has 2 aromatic carbocycles. The van der Waals surface area contributed by atoms with Gasteiger partial charge in [-0.3, -0.25) is 9.83 Å². The Bertz CT molecular complexity index is 1300. The van der Waals surface area contributed by atoms with E-state index < -0.39 is 18.8 Å². The SMILES string of the molecule is Cc1nc(N)nc2c1C(NOC[C@@H](O)CO)=N[C@@H](c1ccc(F)cc1-c1cccc(SC3CC3)c1)C2. The van der Waals surface area contributed by atoms with Crippen molar-refractivity contribution in [3.63, 3.8) is 0 Å². The number of fused-ring (bicyclic) bond motifs is 1. The Kier molecular flexibility index (Phi) is 7.20. The number of hydroxylamine groups is 1. The zero-order valence-corrected chi connectivity index (χ0v) is 20.6.